The topological polar surface area (TPSA) is 59.3 Å². The smallest absolute Gasteiger partial charge is 0.233 e. The third kappa shape index (κ3) is 2.89. The summed E-state index contributed by atoms with van der Waals surface area (Å²) in [5.41, 5.74) is 3.34. The SMILES string of the molecule is Cc1ccc2c(c1)SC(C(=O)NCCc1nnc3ccccn13)C2. The summed E-state index contributed by atoms with van der Waals surface area (Å²) < 4.78 is 1.95. The summed E-state index contributed by atoms with van der Waals surface area (Å²) in [5.74, 6) is 0.964. The number of nitrogens with one attached hydrogen (secondary N) is 1. The fourth-order valence-electron chi connectivity index (χ4n) is 2.95. The Bertz CT molecular complexity index is 905. The number of hydrogen-bond acceptors (Lipinski definition) is 4. The molecule has 3 aromatic rings. The first-order valence-corrected chi connectivity index (χ1v) is 8.91. The van der Waals surface area contributed by atoms with Gasteiger partial charge in [-0.2, -0.15) is 0 Å². The molecule has 1 aliphatic rings. The molecule has 0 saturated heterocycles. The normalized spacial score (nSPS) is 16.3. The zero-order valence-electron chi connectivity index (χ0n) is 13.4. The second-order valence-electron chi connectivity index (χ2n) is 6.01. The van der Waals surface area contributed by atoms with Crippen LogP contribution < -0.4 is 5.32 Å². The highest BCUT2D eigenvalue weighted by molar-refractivity contribution is 8.01. The fourth-order valence-corrected chi connectivity index (χ4v) is 4.27. The van der Waals surface area contributed by atoms with Gasteiger partial charge in [0.15, 0.2) is 5.65 Å². The van der Waals surface area contributed by atoms with Crippen molar-refractivity contribution in [3.63, 3.8) is 0 Å². The van der Waals surface area contributed by atoms with E-state index in [-0.39, 0.29) is 11.2 Å². The quantitative estimate of drug-likeness (QED) is 0.794. The first kappa shape index (κ1) is 15.2. The van der Waals surface area contributed by atoms with Crippen LogP contribution in [-0.2, 0) is 17.6 Å². The summed E-state index contributed by atoms with van der Waals surface area (Å²) in [4.78, 5) is 13.7. The number of fused-ring (bicyclic) bond motifs is 2. The summed E-state index contributed by atoms with van der Waals surface area (Å²) in [6, 6.07) is 12.2. The highest BCUT2D eigenvalue weighted by Gasteiger charge is 2.28. The number of pyridine rings is 1. The van der Waals surface area contributed by atoms with Crippen LogP contribution in [-0.4, -0.2) is 32.3 Å². The Balaban J connectivity index is 1.34. The van der Waals surface area contributed by atoms with Crippen molar-refractivity contribution >= 4 is 23.3 Å². The molecule has 1 unspecified atom stereocenters. The molecule has 122 valence electrons. The summed E-state index contributed by atoms with van der Waals surface area (Å²) in [6.07, 6.45) is 3.42. The van der Waals surface area contributed by atoms with Gasteiger partial charge >= 0.3 is 0 Å². The number of nitrogens with zero attached hydrogens (tertiary/aromatic N) is 3. The monoisotopic (exact) mass is 338 g/mol. The number of amides is 1. The van der Waals surface area contributed by atoms with Gasteiger partial charge in [0.1, 0.15) is 5.82 Å². The molecule has 0 aliphatic carbocycles. The van der Waals surface area contributed by atoms with Crippen molar-refractivity contribution in [1.29, 1.82) is 0 Å². The molecule has 0 spiro atoms. The van der Waals surface area contributed by atoms with E-state index in [1.807, 2.05) is 28.8 Å². The maximum Gasteiger partial charge on any atom is 0.233 e. The lowest BCUT2D eigenvalue weighted by atomic mass is 10.1. The molecule has 1 aromatic carbocycles. The Morgan fingerprint density at radius 2 is 2.25 bits per heavy atom. The molecule has 1 amide bonds. The lowest BCUT2D eigenvalue weighted by molar-refractivity contribution is -0.120. The van der Waals surface area contributed by atoms with Gasteiger partial charge in [0.05, 0.1) is 5.25 Å². The Labute approximate surface area is 144 Å². The maximum atomic E-state index is 12.4. The number of aromatic nitrogens is 3. The van der Waals surface area contributed by atoms with E-state index in [9.17, 15) is 4.79 Å². The number of rotatable bonds is 4. The van der Waals surface area contributed by atoms with Gasteiger partial charge in [-0.3, -0.25) is 9.20 Å². The molecule has 2 aromatic heterocycles. The van der Waals surface area contributed by atoms with E-state index in [0.717, 1.165) is 17.9 Å². The standard InChI is InChI=1S/C18H18N4OS/c1-12-5-6-13-11-15(24-14(13)10-12)18(23)19-8-7-17-21-20-16-4-2-3-9-22(16)17/h2-6,9-10,15H,7-8,11H2,1H3,(H,19,23). The Kier molecular flexibility index (Phi) is 3.98. The molecule has 0 bridgehead atoms. The third-order valence-corrected chi connectivity index (χ3v) is 5.52. The third-order valence-electron chi connectivity index (χ3n) is 4.22. The number of benzene rings is 1. The van der Waals surface area contributed by atoms with E-state index in [1.54, 1.807) is 11.8 Å². The molecule has 0 saturated carbocycles. The summed E-state index contributed by atoms with van der Waals surface area (Å²) in [6.45, 7) is 2.65. The van der Waals surface area contributed by atoms with Gasteiger partial charge in [-0.05, 0) is 37.1 Å². The highest BCUT2D eigenvalue weighted by atomic mass is 32.2. The average molecular weight is 338 g/mol. The minimum absolute atomic E-state index is 0.0306. The average Bonchev–Trinajstić information content (AvgIpc) is 3.18. The van der Waals surface area contributed by atoms with Crippen molar-refractivity contribution in [2.45, 2.75) is 29.9 Å². The van der Waals surface area contributed by atoms with E-state index < -0.39 is 0 Å². The van der Waals surface area contributed by atoms with E-state index in [2.05, 4.69) is 40.6 Å². The number of hydrogen-bond donors (Lipinski definition) is 1. The maximum absolute atomic E-state index is 12.4. The van der Waals surface area contributed by atoms with E-state index in [0.29, 0.717) is 13.0 Å². The predicted octanol–water partition coefficient (Wildman–Crippen LogP) is 2.41. The summed E-state index contributed by atoms with van der Waals surface area (Å²) >= 11 is 1.66. The second-order valence-corrected chi connectivity index (χ2v) is 7.25. The zero-order valence-corrected chi connectivity index (χ0v) is 14.2. The molecule has 6 heteroatoms. The Morgan fingerprint density at radius 3 is 3.17 bits per heavy atom. The molecule has 0 radical (unpaired) electrons. The fraction of sp³-hybridized carbons (Fsp3) is 0.278. The largest absolute Gasteiger partial charge is 0.355 e. The van der Waals surface area contributed by atoms with Crippen molar-refractivity contribution in [3.8, 4) is 0 Å². The van der Waals surface area contributed by atoms with Gasteiger partial charge < -0.3 is 5.32 Å². The van der Waals surface area contributed by atoms with Gasteiger partial charge in [-0.25, -0.2) is 0 Å². The second kappa shape index (κ2) is 6.28. The molecule has 0 fully saturated rings. The number of aryl methyl sites for hydroxylation is 1. The predicted molar refractivity (Wildman–Crippen MR) is 94.2 cm³/mol. The highest BCUT2D eigenvalue weighted by Crippen LogP contribution is 2.37. The van der Waals surface area contributed by atoms with E-state index in [4.69, 9.17) is 0 Å². The number of carbonyl (C=O) groups is 1. The van der Waals surface area contributed by atoms with Crippen molar-refractivity contribution in [1.82, 2.24) is 19.9 Å². The van der Waals surface area contributed by atoms with Gasteiger partial charge in [-0.1, -0.05) is 23.8 Å². The lowest BCUT2D eigenvalue weighted by Crippen LogP contribution is -2.34. The molecule has 1 aliphatic heterocycles. The zero-order chi connectivity index (χ0) is 16.5. The number of thioether (sulfide) groups is 1. The van der Waals surface area contributed by atoms with Gasteiger partial charge in [-0.15, -0.1) is 22.0 Å². The van der Waals surface area contributed by atoms with Crippen molar-refractivity contribution in [2.75, 3.05) is 6.54 Å². The first-order valence-electron chi connectivity index (χ1n) is 8.03. The minimum atomic E-state index is -0.0306. The lowest BCUT2D eigenvalue weighted by Gasteiger charge is -2.09. The molecule has 4 rings (SSSR count). The molecule has 1 atom stereocenters. The first-order chi connectivity index (χ1) is 11.7. The van der Waals surface area contributed by atoms with Crippen LogP contribution in [0.25, 0.3) is 5.65 Å². The van der Waals surface area contributed by atoms with Gasteiger partial charge in [0, 0.05) is 24.1 Å². The molecule has 1 N–H and O–H groups in total. The summed E-state index contributed by atoms with van der Waals surface area (Å²) in [7, 11) is 0. The van der Waals surface area contributed by atoms with E-state index in [1.165, 1.54) is 16.0 Å². The van der Waals surface area contributed by atoms with Crippen LogP contribution in [0.4, 0.5) is 0 Å². The van der Waals surface area contributed by atoms with Crippen molar-refractivity contribution < 1.29 is 4.79 Å². The molecular weight excluding hydrogens is 320 g/mol. The Hall–Kier alpha value is -2.34. The van der Waals surface area contributed by atoms with E-state index >= 15 is 0 Å². The molecule has 5 nitrogen and oxygen atoms in total. The molecular formula is C18H18N4OS. The number of carbonyl (C=O) groups excluding carboxylic acids is 1. The van der Waals surface area contributed by atoms with Gasteiger partial charge in [0.2, 0.25) is 5.91 Å². The van der Waals surface area contributed by atoms with Gasteiger partial charge in [0.25, 0.3) is 0 Å². The molecule has 24 heavy (non-hydrogen) atoms. The minimum Gasteiger partial charge on any atom is -0.355 e. The van der Waals surface area contributed by atoms with Crippen LogP contribution in [0.3, 0.4) is 0 Å². The van der Waals surface area contributed by atoms with Crippen LogP contribution in [0, 0.1) is 6.92 Å². The van der Waals surface area contributed by atoms with Crippen LogP contribution >= 0.6 is 11.8 Å². The van der Waals surface area contributed by atoms with Crippen LogP contribution in [0.1, 0.15) is 17.0 Å². The van der Waals surface area contributed by atoms with Crippen LogP contribution in [0.2, 0.25) is 0 Å². The van der Waals surface area contributed by atoms with Crippen LogP contribution in [0.15, 0.2) is 47.5 Å². The Morgan fingerprint density at radius 1 is 1.33 bits per heavy atom. The van der Waals surface area contributed by atoms with Crippen molar-refractivity contribution in [2.24, 2.45) is 0 Å². The molecule has 3 heterocycles. The van der Waals surface area contributed by atoms with Crippen LogP contribution in [0.5, 0.6) is 0 Å². The summed E-state index contributed by atoms with van der Waals surface area (Å²) in [5, 5.41) is 11.3. The van der Waals surface area contributed by atoms with Crippen molar-refractivity contribution in [3.05, 3.63) is 59.5 Å².